The molecule has 1 aliphatic rings. The summed E-state index contributed by atoms with van der Waals surface area (Å²) in [5, 5.41) is 0. The molecule has 180 valence electrons. The molecule has 0 fully saturated rings. The zero-order valence-corrected chi connectivity index (χ0v) is 20.8. The fourth-order valence-corrected chi connectivity index (χ4v) is 4.53. The van der Waals surface area contributed by atoms with Gasteiger partial charge >= 0.3 is 0 Å². The van der Waals surface area contributed by atoms with Gasteiger partial charge < -0.3 is 9.47 Å². The van der Waals surface area contributed by atoms with Crippen molar-refractivity contribution in [3.8, 4) is 11.5 Å². The molecule has 2 aromatic carbocycles. The largest absolute Gasteiger partial charge is 0.494 e. The summed E-state index contributed by atoms with van der Waals surface area (Å²) in [5.41, 5.74) is 3.72. The Bertz CT molecular complexity index is 871. The number of benzene rings is 2. The van der Waals surface area contributed by atoms with Gasteiger partial charge in [-0.1, -0.05) is 84.1 Å². The lowest BCUT2D eigenvalue weighted by molar-refractivity contribution is 0.103. The summed E-state index contributed by atoms with van der Waals surface area (Å²) >= 11 is 0. The molecule has 0 N–H and O–H groups in total. The molecule has 2 aromatic rings. The standard InChI is InChI=1S/C30H42O3/c1-3-5-7-9-11-13-19-32-26-17-18-28-25(22-26)21-24-15-16-27(23-29(24)30(28)31)33-20-14-12-10-8-6-4-2/h15-18,22-23H,3-14,19-21H2,1-2H3. The van der Waals surface area contributed by atoms with Gasteiger partial charge in [-0.2, -0.15) is 0 Å². The van der Waals surface area contributed by atoms with Gasteiger partial charge in [-0.25, -0.2) is 0 Å². The minimum atomic E-state index is 0.0961. The quantitative estimate of drug-likeness (QED) is 0.206. The normalized spacial score (nSPS) is 12.4. The molecule has 0 saturated heterocycles. The lowest BCUT2D eigenvalue weighted by Crippen LogP contribution is -2.15. The molecule has 0 atom stereocenters. The molecular formula is C30H42O3. The zero-order valence-electron chi connectivity index (χ0n) is 20.8. The van der Waals surface area contributed by atoms with Crippen LogP contribution in [0, 0.1) is 0 Å². The highest BCUT2D eigenvalue weighted by atomic mass is 16.5. The monoisotopic (exact) mass is 450 g/mol. The van der Waals surface area contributed by atoms with E-state index in [1.807, 2.05) is 24.3 Å². The van der Waals surface area contributed by atoms with E-state index >= 15 is 0 Å². The van der Waals surface area contributed by atoms with Crippen molar-refractivity contribution in [2.45, 2.75) is 97.3 Å². The van der Waals surface area contributed by atoms with Crippen LogP contribution in [0.5, 0.6) is 11.5 Å². The maximum atomic E-state index is 13.1. The van der Waals surface area contributed by atoms with Crippen molar-refractivity contribution in [3.05, 3.63) is 58.7 Å². The summed E-state index contributed by atoms with van der Waals surface area (Å²) in [6.07, 6.45) is 15.8. The first kappa shape index (κ1) is 25.3. The molecule has 1 aliphatic carbocycles. The first-order valence-corrected chi connectivity index (χ1v) is 13.3. The van der Waals surface area contributed by atoms with Gasteiger partial charge in [0.25, 0.3) is 0 Å². The van der Waals surface area contributed by atoms with E-state index in [-0.39, 0.29) is 5.78 Å². The number of ether oxygens (including phenoxy) is 2. The minimum absolute atomic E-state index is 0.0961. The average Bonchev–Trinajstić information content (AvgIpc) is 2.83. The first-order valence-electron chi connectivity index (χ1n) is 13.3. The lowest BCUT2D eigenvalue weighted by Gasteiger charge is -2.20. The van der Waals surface area contributed by atoms with Gasteiger partial charge in [-0.3, -0.25) is 4.79 Å². The van der Waals surface area contributed by atoms with Crippen molar-refractivity contribution < 1.29 is 14.3 Å². The summed E-state index contributed by atoms with van der Waals surface area (Å²) in [7, 11) is 0. The molecule has 0 spiro atoms. The van der Waals surface area contributed by atoms with E-state index in [1.165, 1.54) is 64.2 Å². The maximum Gasteiger partial charge on any atom is 0.193 e. The van der Waals surface area contributed by atoms with Crippen LogP contribution < -0.4 is 9.47 Å². The maximum absolute atomic E-state index is 13.1. The van der Waals surface area contributed by atoms with Gasteiger partial charge in [-0.05, 0) is 60.7 Å². The van der Waals surface area contributed by atoms with E-state index in [4.69, 9.17) is 9.47 Å². The summed E-state index contributed by atoms with van der Waals surface area (Å²) in [6.45, 7) is 5.94. The molecule has 0 unspecified atom stereocenters. The Morgan fingerprint density at radius 2 is 1.15 bits per heavy atom. The first-order chi connectivity index (χ1) is 16.2. The summed E-state index contributed by atoms with van der Waals surface area (Å²) in [4.78, 5) is 13.1. The van der Waals surface area contributed by atoms with Crippen molar-refractivity contribution in [2.75, 3.05) is 13.2 Å². The third-order valence-electron chi connectivity index (χ3n) is 6.56. The molecular weight excluding hydrogens is 408 g/mol. The van der Waals surface area contributed by atoms with E-state index < -0.39 is 0 Å². The summed E-state index contributed by atoms with van der Waals surface area (Å²) < 4.78 is 11.9. The van der Waals surface area contributed by atoms with E-state index in [1.54, 1.807) is 0 Å². The molecule has 3 heteroatoms. The van der Waals surface area contributed by atoms with Gasteiger partial charge in [0.2, 0.25) is 0 Å². The van der Waals surface area contributed by atoms with Crippen LogP contribution in [-0.4, -0.2) is 19.0 Å². The molecule has 0 heterocycles. The Morgan fingerprint density at radius 3 is 1.79 bits per heavy atom. The highest BCUT2D eigenvalue weighted by Crippen LogP contribution is 2.32. The molecule has 0 aliphatic heterocycles. The fraction of sp³-hybridized carbons (Fsp3) is 0.567. The molecule has 0 amide bonds. The number of hydrogen-bond donors (Lipinski definition) is 0. The Hall–Kier alpha value is -2.29. The highest BCUT2D eigenvalue weighted by Gasteiger charge is 2.24. The van der Waals surface area contributed by atoms with Gasteiger partial charge in [0.05, 0.1) is 13.2 Å². The summed E-state index contributed by atoms with van der Waals surface area (Å²) in [6, 6.07) is 11.9. The number of ketones is 1. The van der Waals surface area contributed by atoms with Crippen molar-refractivity contribution in [3.63, 3.8) is 0 Å². The molecule has 3 nitrogen and oxygen atoms in total. The molecule has 0 bridgehead atoms. The number of carbonyl (C=O) groups excluding carboxylic acids is 1. The second-order valence-electron chi connectivity index (χ2n) is 9.38. The van der Waals surface area contributed by atoms with Crippen LogP contribution in [0.15, 0.2) is 36.4 Å². The average molecular weight is 451 g/mol. The third kappa shape index (κ3) is 7.91. The number of hydrogen-bond acceptors (Lipinski definition) is 3. The number of fused-ring (bicyclic) bond motifs is 2. The van der Waals surface area contributed by atoms with Crippen molar-refractivity contribution >= 4 is 5.78 Å². The van der Waals surface area contributed by atoms with Crippen LogP contribution in [-0.2, 0) is 6.42 Å². The lowest BCUT2D eigenvalue weighted by atomic mass is 9.85. The third-order valence-corrected chi connectivity index (χ3v) is 6.56. The number of rotatable bonds is 16. The van der Waals surface area contributed by atoms with Crippen LogP contribution in [0.25, 0.3) is 0 Å². The second kappa shape index (κ2) is 14.1. The molecule has 0 saturated carbocycles. The molecule has 33 heavy (non-hydrogen) atoms. The van der Waals surface area contributed by atoms with Crippen molar-refractivity contribution in [2.24, 2.45) is 0 Å². The fourth-order valence-electron chi connectivity index (χ4n) is 4.53. The van der Waals surface area contributed by atoms with Crippen LogP contribution >= 0.6 is 0 Å². The van der Waals surface area contributed by atoms with Gasteiger partial charge in [0.15, 0.2) is 5.78 Å². The van der Waals surface area contributed by atoms with E-state index in [0.717, 1.165) is 66.2 Å². The highest BCUT2D eigenvalue weighted by molar-refractivity contribution is 6.12. The Labute approximate surface area is 200 Å². The Balaban J connectivity index is 1.49. The predicted molar refractivity (Wildman–Crippen MR) is 137 cm³/mol. The zero-order chi connectivity index (χ0) is 23.3. The topological polar surface area (TPSA) is 35.5 Å². The molecule has 0 radical (unpaired) electrons. The van der Waals surface area contributed by atoms with Gasteiger partial charge in [0, 0.05) is 11.1 Å². The van der Waals surface area contributed by atoms with Gasteiger partial charge in [0.1, 0.15) is 11.5 Å². The van der Waals surface area contributed by atoms with Crippen molar-refractivity contribution in [1.29, 1.82) is 0 Å². The Kier molecular flexibility index (Phi) is 10.8. The van der Waals surface area contributed by atoms with Crippen LogP contribution in [0.1, 0.15) is 118 Å². The second-order valence-corrected chi connectivity index (χ2v) is 9.38. The number of carbonyl (C=O) groups is 1. The van der Waals surface area contributed by atoms with E-state index in [2.05, 4.69) is 26.0 Å². The smallest absolute Gasteiger partial charge is 0.193 e. The predicted octanol–water partition coefficient (Wildman–Crippen LogP) is 8.30. The van der Waals surface area contributed by atoms with E-state index in [0.29, 0.717) is 0 Å². The van der Waals surface area contributed by atoms with Crippen LogP contribution in [0.3, 0.4) is 0 Å². The van der Waals surface area contributed by atoms with E-state index in [9.17, 15) is 4.79 Å². The minimum Gasteiger partial charge on any atom is -0.494 e. The molecule has 0 aromatic heterocycles. The van der Waals surface area contributed by atoms with Crippen LogP contribution in [0.2, 0.25) is 0 Å². The number of unbranched alkanes of at least 4 members (excludes halogenated alkanes) is 10. The van der Waals surface area contributed by atoms with Crippen molar-refractivity contribution in [1.82, 2.24) is 0 Å². The Morgan fingerprint density at radius 1 is 0.606 bits per heavy atom. The van der Waals surface area contributed by atoms with Crippen LogP contribution in [0.4, 0.5) is 0 Å². The summed E-state index contributed by atoms with van der Waals surface area (Å²) in [5.74, 6) is 1.77. The molecule has 3 rings (SSSR count). The SMILES string of the molecule is CCCCCCCCOc1ccc2c(c1)Cc1ccc(OCCCCCCCC)cc1C2=O. The van der Waals surface area contributed by atoms with Gasteiger partial charge in [-0.15, -0.1) is 0 Å².